The monoisotopic (exact) mass is 283 g/mol. The SMILES string of the molecule is CN(C)C(=S)Oc1cc(Cl)c(Cl)cc1Cl. The molecule has 0 amide bonds. The van der Waals surface area contributed by atoms with Gasteiger partial charge in [-0.1, -0.05) is 34.8 Å². The van der Waals surface area contributed by atoms with Crippen LogP contribution in [0.5, 0.6) is 5.75 Å². The van der Waals surface area contributed by atoms with Gasteiger partial charge in [-0.25, -0.2) is 0 Å². The first-order chi connectivity index (χ1) is 6.91. The van der Waals surface area contributed by atoms with Crippen molar-refractivity contribution in [3.05, 3.63) is 27.2 Å². The predicted molar refractivity (Wildman–Crippen MR) is 68.4 cm³/mol. The molecule has 0 radical (unpaired) electrons. The van der Waals surface area contributed by atoms with Gasteiger partial charge in [0.15, 0.2) is 0 Å². The lowest BCUT2D eigenvalue weighted by Gasteiger charge is -2.15. The van der Waals surface area contributed by atoms with E-state index < -0.39 is 0 Å². The van der Waals surface area contributed by atoms with Gasteiger partial charge in [-0.05, 0) is 18.3 Å². The smallest absolute Gasteiger partial charge is 0.264 e. The Balaban J connectivity index is 2.96. The number of thiocarbonyl (C=S) groups is 1. The van der Waals surface area contributed by atoms with Crippen LogP contribution in [0.4, 0.5) is 0 Å². The summed E-state index contributed by atoms with van der Waals surface area (Å²) in [6.07, 6.45) is 0. The minimum Gasteiger partial charge on any atom is -0.430 e. The van der Waals surface area contributed by atoms with E-state index in [9.17, 15) is 0 Å². The fourth-order valence-electron chi connectivity index (χ4n) is 0.768. The third-order valence-electron chi connectivity index (χ3n) is 1.54. The van der Waals surface area contributed by atoms with E-state index in [2.05, 4.69) is 0 Å². The lowest BCUT2D eigenvalue weighted by molar-refractivity contribution is 0.449. The second-order valence-electron chi connectivity index (χ2n) is 2.96. The van der Waals surface area contributed by atoms with Gasteiger partial charge in [0.2, 0.25) is 0 Å². The van der Waals surface area contributed by atoms with Gasteiger partial charge in [-0.2, -0.15) is 0 Å². The standard InChI is InChI=1S/C9H8Cl3NOS/c1-13(2)9(15)14-8-4-6(11)5(10)3-7(8)12/h3-4H,1-2H3. The van der Waals surface area contributed by atoms with Gasteiger partial charge in [0.05, 0.1) is 15.1 Å². The Bertz CT molecular complexity index is 395. The van der Waals surface area contributed by atoms with Crippen LogP contribution in [0.3, 0.4) is 0 Å². The van der Waals surface area contributed by atoms with Crippen LogP contribution >= 0.6 is 47.0 Å². The number of nitrogens with zero attached hydrogens (tertiary/aromatic N) is 1. The van der Waals surface area contributed by atoms with Crippen molar-refractivity contribution in [1.29, 1.82) is 0 Å². The zero-order chi connectivity index (χ0) is 11.6. The van der Waals surface area contributed by atoms with Crippen molar-refractivity contribution in [1.82, 2.24) is 4.90 Å². The molecule has 1 aromatic rings. The van der Waals surface area contributed by atoms with E-state index in [1.54, 1.807) is 19.0 Å². The van der Waals surface area contributed by atoms with E-state index >= 15 is 0 Å². The van der Waals surface area contributed by atoms with E-state index in [4.69, 9.17) is 51.8 Å². The summed E-state index contributed by atoms with van der Waals surface area (Å²) in [5.74, 6) is 0.393. The quantitative estimate of drug-likeness (QED) is 0.574. The Morgan fingerprint density at radius 1 is 1.13 bits per heavy atom. The van der Waals surface area contributed by atoms with Gasteiger partial charge in [0.1, 0.15) is 5.75 Å². The largest absolute Gasteiger partial charge is 0.430 e. The number of benzene rings is 1. The molecule has 1 rings (SSSR count). The minimum atomic E-state index is 0.301. The molecule has 0 bridgehead atoms. The molecular formula is C9H8Cl3NOS. The van der Waals surface area contributed by atoms with Crippen LogP contribution in [0.15, 0.2) is 12.1 Å². The number of halogens is 3. The zero-order valence-electron chi connectivity index (χ0n) is 8.05. The van der Waals surface area contributed by atoms with Gasteiger partial charge in [0.25, 0.3) is 5.17 Å². The molecule has 2 nitrogen and oxygen atoms in total. The summed E-state index contributed by atoms with van der Waals surface area (Å²) >= 11 is 22.5. The summed E-state index contributed by atoms with van der Waals surface area (Å²) in [5.41, 5.74) is 0. The van der Waals surface area contributed by atoms with Crippen LogP contribution in [0.25, 0.3) is 0 Å². The van der Waals surface area contributed by atoms with Crippen LogP contribution in [0.1, 0.15) is 0 Å². The summed E-state index contributed by atoms with van der Waals surface area (Å²) in [7, 11) is 3.54. The molecule has 6 heteroatoms. The molecule has 0 heterocycles. The van der Waals surface area contributed by atoms with Crippen molar-refractivity contribution < 1.29 is 4.74 Å². The third-order valence-corrected chi connectivity index (χ3v) is 3.00. The van der Waals surface area contributed by atoms with E-state index in [0.29, 0.717) is 26.0 Å². The summed E-state index contributed by atoms with van der Waals surface area (Å²) in [6, 6.07) is 3.04. The second kappa shape index (κ2) is 5.21. The van der Waals surface area contributed by atoms with Gasteiger partial charge < -0.3 is 9.64 Å². The Labute approximate surface area is 109 Å². The van der Waals surface area contributed by atoms with Crippen molar-refractivity contribution in [3.8, 4) is 5.75 Å². The predicted octanol–water partition coefficient (Wildman–Crippen LogP) is 3.87. The Morgan fingerprint density at radius 3 is 2.20 bits per heavy atom. The van der Waals surface area contributed by atoms with E-state index in [0.717, 1.165) is 0 Å². The van der Waals surface area contributed by atoms with Crippen LogP contribution in [0.2, 0.25) is 15.1 Å². The van der Waals surface area contributed by atoms with Gasteiger partial charge in [0, 0.05) is 20.2 Å². The van der Waals surface area contributed by atoms with Crippen molar-refractivity contribution >= 4 is 52.2 Å². The molecular weight excluding hydrogens is 277 g/mol. The first kappa shape index (κ1) is 12.8. The lowest BCUT2D eigenvalue weighted by Crippen LogP contribution is -2.25. The maximum atomic E-state index is 5.90. The maximum absolute atomic E-state index is 5.90. The molecule has 0 aliphatic carbocycles. The van der Waals surface area contributed by atoms with Crippen molar-refractivity contribution in [3.63, 3.8) is 0 Å². The zero-order valence-corrected chi connectivity index (χ0v) is 11.1. The first-order valence-corrected chi connectivity index (χ1v) is 5.49. The highest BCUT2D eigenvalue weighted by Gasteiger charge is 2.10. The molecule has 0 aliphatic heterocycles. The Hall–Kier alpha value is -0.220. The summed E-state index contributed by atoms with van der Waals surface area (Å²) in [6.45, 7) is 0. The van der Waals surface area contributed by atoms with Crippen molar-refractivity contribution in [2.75, 3.05) is 14.1 Å². The first-order valence-electron chi connectivity index (χ1n) is 3.95. The van der Waals surface area contributed by atoms with E-state index in [1.807, 2.05) is 0 Å². The fourth-order valence-corrected chi connectivity index (χ4v) is 1.43. The van der Waals surface area contributed by atoms with Gasteiger partial charge in [-0.3, -0.25) is 0 Å². The van der Waals surface area contributed by atoms with Crippen LogP contribution in [-0.4, -0.2) is 24.2 Å². The molecule has 0 fully saturated rings. The molecule has 0 aromatic heterocycles. The topological polar surface area (TPSA) is 12.5 Å². The molecule has 0 saturated carbocycles. The maximum Gasteiger partial charge on any atom is 0.264 e. The number of hydrogen-bond donors (Lipinski definition) is 0. The third kappa shape index (κ3) is 3.38. The molecule has 15 heavy (non-hydrogen) atoms. The van der Waals surface area contributed by atoms with E-state index in [1.165, 1.54) is 12.1 Å². The average molecular weight is 285 g/mol. The number of ether oxygens (including phenoxy) is 1. The summed E-state index contributed by atoms with van der Waals surface area (Å²) < 4.78 is 5.32. The van der Waals surface area contributed by atoms with E-state index in [-0.39, 0.29) is 0 Å². The summed E-state index contributed by atoms with van der Waals surface area (Å²) in [4.78, 5) is 1.65. The average Bonchev–Trinajstić information content (AvgIpc) is 2.13. The molecule has 0 spiro atoms. The van der Waals surface area contributed by atoms with Crippen molar-refractivity contribution in [2.24, 2.45) is 0 Å². The summed E-state index contributed by atoms with van der Waals surface area (Å²) in [5, 5.41) is 1.42. The van der Waals surface area contributed by atoms with Gasteiger partial charge in [-0.15, -0.1) is 0 Å². The Kier molecular flexibility index (Phi) is 4.46. The molecule has 0 N–H and O–H groups in total. The van der Waals surface area contributed by atoms with Crippen molar-refractivity contribution in [2.45, 2.75) is 0 Å². The number of hydrogen-bond acceptors (Lipinski definition) is 2. The minimum absolute atomic E-state index is 0.301. The molecule has 0 atom stereocenters. The van der Waals surface area contributed by atoms with Gasteiger partial charge >= 0.3 is 0 Å². The fraction of sp³-hybridized carbons (Fsp3) is 0.222. The molecule has 82 valence electrons. The van der Waals surface area contributed by atoms with Crippen LogP contribution in [-0.2, 0) is 0 Å². The lowest BCUT2D eigenvalue weighted by atomic mass is 10.3. The normalized spacial score (nSPS) is 9.93. The van der Waals surface area contributed by atoms with Crippen LogP contribution < -0.4 is 4.74 Å². The number of rotatable bonds is 1. The highest BCUT2D eigenvalue weighted by molar-refractivity contribution is 7.80. The van der Waals surface area contributed by atoms with Crippen LogP contribution in [0, 0.1) is 0 Å². The highest BCUT2D eigenvalue weighted by atomic mass is 35.5. The molecule has 0 unspecified atom stereocenters. The highest BCUT2D eigenvalue weighted by Crippen LogP contribution is 2.33. The second-order valence-corrected chi connectivity index (χ2v) is 4.53. The molecule has 0 aliphatic rings. The molecule has 1 aromatic carbocycles. The molecule has 0 saturated heterocycles. The Morgan fingerprint density at radius 2 is 1.67 bits per heavy atom.